The van der Waals surface area contributed by atoms with E-state index in [1.54, 1.807) is 0 Å². The van der Waals surface area contributed by atoms with Crippen molar-refractivity contribution in [2.45, 2.75) is 63.1 Å². The third-order valence-corrected chi connectivity index (χ3v) is 6.38. The van der Waals surface area contributed by atoms with Crippen molar-refractivity contribution in [2.75, 3.05) is 26.0 Å². The number of halogens is 6. The summed E-state index contributed by atoms with van der Waals surface area (Å²) >= 11 is 0. The maximum atomic E-state index is 11.5. The molecule has 3 rings (SSSR count). The Hall–Kier alpha value is -2.50. The fourth-order valence-corrected chi connectivity index (χ4v) is 4.60. The van der Waals surface area contributed by atoms with Crippen molar-refractivity contribution in [1.82, 2.24) is 14.6 Å². The summed E-state index contributed by atoms with van der Waals surface area (Å²) in [4.78, 5) is 24.7. The largest absolute Gasteiger partial charge is 0.490 e. The van der Waals surface area contributed by atoms with Gasteiger partial charge in [-0.3, -0.25) is 9.88 Å². The first kappa shape index (κ1) is 33.5. The van der Waals surface area contributed by atoms with E-state index in [4.69, 9.17) is 24.5 Å². The molecule has 218 valence electrons. The minimum atomic E-state index is -5.08. The van der Waals surface area contributed by atoms with Crippen LogP contribution in [0.5, 0.6) is 0 Å². The van der Waals surface area contributed by atoms with Gasteiger partial charge in [0.25, 0.3) is 0 Å². The summed E-state index contributed by atoms with van der Waals surface area (Å²) in [6, 6.07) is 4.06. The second kappa shape index (κ2) is 13.5. The van der Waals surface area contributed by atoms with Crippen LogP contribution < -0.4 is 4.72 Å². The van der Waals surface area contributed by atoms with Crippen molar-refractivity contribution in [3.05, 3.63) is 29.6 Å². The van der Waals surface area contributed by atoms with E-state index in [9.17, 15) is 34.8 Å². The molecule has 0 aliphatic carbocycles. The summed E-state index contributed by atoms with van der Waals surface area (Å²) in [6.45, 7) is 5.52. The van der Waals surface area contributed by atoms with E-state index in [1.165, 1.54) is 11.8 Å². The molecule has 2 saturated heterocycles. The van der Waals surface area contributed by atoms with Crippen LogP contribution >= 0.6 is 0 Å². The number of alkyl halides is 6. The van der Waals surface area contributed by atoms with Crippen LogP contribution in [-0.2, 0) is 30.9 Å². The van der Waals surface area contributed by atoms with Crippen molar-refractivity contribution in [3.8, 4) is 0 Å². The molecule has 2 fully saturated rings. The zero-order valence-corrected chi connectivity index (χ0v) is 21.3. The predicted molar refractivity (Wildman–Crippen MR) is 121 cm³/mol. The second-order valence-electron chi connectivity index (χ2n) is 8.76. The molecular weight excluding hydrogens is 552 g/mol. The Morgan fingerprint density at radius 3 is 2.05 bits per heavy atom. The monoisotopic (exact) mass is 581 g/mol. The predicted octanol–water partition coefficient (Wildman–Crippen LogP) is 2.72. The van der Waals surface area contributed by atoms with Gasteiger partial charge in [0, 0.05) is 38.5 Å². The lowest BCUT2D eigenvalue weighted by atomic mass is 9.82. The van der Waals surface area contributed by atoms with Gasteiger partial charge >= 0.3 is 24.3 Å². The van der Waals surface area contributed by atoms with Crippen molar-refractivity contribution in [3.63, 3.8) is 0 Å². The molecule has 1 unspecified atom stereocenters. The fourth-order valence-electron chi connectivity index (χ4n) is 3.79. The Kier molecular flexibility index (Phi) is 11.9. The van der Waals surface area contributed by atoms with Crippen molar-refractivity contribution in [1.29, 1.82) is 0 Å². The number of carboxylic acid groups (broad SMARTS) is 2. The molecule has 2 aliphatic rings. The van der Waals surface area contributed by atoms with Crippen LogP contribution in [0.4, 0.5) is 26.3 Å². The molecule has 1 spiro atoms. The average molecular weight is 582 g/mol. The van der Waals surface area contributed by atoms with Crippen molar-refractivity contribution >= 4 is 22.0 Å². The minimum Gasteiger partial charge on any atom is -0.475 e. The van der Waals surface area contributed by atoms with Crippen LogP contribution in [0.1, 0.15) is 36.9 Å². The van der Waals surface area contributed by atoms with Crippen LogP contribution in [0.2, 0.25) is 0 Å². The number of aryl methyl sites for hydroxylation is 1. The van der Waals surface area contributed by atoms with Gasteiger partial charge in [-0.25, -0.2) is 22.7 Å². The third-order valence-electron chi connectivity index (χ3n) is 5.62. The molecule has 3 N–H and O–H groups in total. The average Bonchev–Trinajstić information content (AvgIpc) is 2.75. The number of piperidine rings is 1. The molecule has 1 aromatic rings. The number of ether oxygens (including phenoxy) is 1. The summed E-state index contributed by atoms with van der Waals surface area (Å²) in [7, 11) is -3.16. The van der Waals surface area contributed by atoms with E-state index in [-0.39, 0.29) is 11.6 Å². The zero-order chi connectivity index (χ0) is 29.4. The van der Waals surface area contributed by atoms with E-state index < -0.39 is 34.3 Å². The summed E-state index contributed by atoms with van der Waals surface area (Å²) < 4.78 is 95.3. The topological polar surface area (TPSA) is 146 Å². The number of aromatic nitrogens is 1. The van der Waals surface area contributed by atoms with E-state index in [2.05, 4.69) is 27.6 Å². The van der Waals surface area contributed by atoms with Gasteiger partial charge < -0.3 is 14.9 Å². The number of likely N-dealkylation sites (tertiary alicyclic amines) is 1. The zero-order valence-electron chi connectivity index (χ0n) is 20.5. The number of nitrogens with one attached hydrogen (secondary N) is 1. The number of hydrogen-bond acceptors (Lipinski definition) is 7. The molecule has 17 heteroatoms. The van der Waals surface area contributed by atoms with Crippen LogP contribution in [0.15, 0.2) is 18.3 Å². The molecule has 0 amide bonds. The maximum absolute atomic E-state index is 11.5. The normalized spacial score (nSPS) is 19.9. The molecule has 0 aromatic carbocycles. The third kappa shape index (κ3) is 12.4. The van der Waals surface area contributed by atoms with Gasteiger partial charge in [0.1, 0.15) is 0 Å². The van der Waals surface area contributed by atoms with Gasteiger partial charge in [-0.15, -0.1) is 0 Å². The van der Waals surface area contributed by atoms with Gasteiger partial charge in [0.05, 0.1) is 17.6 Å². The Morgan fingerprint density at radius 1 is 1.13 bits per heavy atom. The number of aliphatic carboxylic acids is 2. The number of pyridine rings is 1. The highest BCUT2D eigenvalue weighted by atomic mass is 32.2. The standard InChI is InChI=1S/C17H27N3O3S.2C2HF3O2/c1-14-4-3-8-18-16(14)13-20-9-6-17(7-10-20)12-15(5-11-23-17)19-24(2,21)22;2*3-2(4,5)1(6)7/h3-4,8,15,19H,5-7,9-13H2,1-2H3;2*(H,6,7). The van der Waals surface area contributed by atoms with Gasteiger partial charge in [-0.2, -0.15) is 26.3 Å². The Balaban J connectivity index is 0.000000426. The molecule has 10 nitrogen and oxygen atoms in total. The number of carboxylic acids is 2. The number of sulfonamides is 1. The highest BCUT2D eigenvalue weighted by molar-refractivity contribution is 7.88. The van der Waals surface area contributed by atoms with Crippen LogP contribution in [-0.4, -0.2) is 90.4 Å². The highest BCUT2D eigenvalue weighted by Crippen LogP contribution is 2.35. The Labute approximate surface area is 215 Å². The van der Waals surface area contributed by atoms with Crippen LogP contribution in [0.25, 0.3) is 0 Å². The molecule has 1 aromatic heterocycles. The van der Waals surface area contributed by atoms with E-state index >= 15 is 0 Å². The number of nitrogens with zero attached hydrogens (tertiary/aromatic N) is 2. The lowest BCUT2D eigenvalue weighted by molar-refractivity contribution is -0.193. The summed E-state index contributed by atoms with van der Waals surface area (Å²) in [5.74, 6) is -5.51. The van der Waals surface area contributed by atoms with Crippen LogP contribution in [0, 0.1) is 6.92 Å². The number of rotatable bonds is 4. The van der Waals surface area contributed by atoms with Crippen molar-refractivity contribution < 1.29 is 59.3 Å². The molecular formula is C21H29F6N3O7S. The van der Waals surface area contributed by atoms with Crippen LogP contribution in [0.3, 0.4) is 0 Å². The van der Waals surface area contributed by atoms with E-state index in [0.717, 1.165) is 51.0 Å². The van der Waals surface area contributed by atoms with Crippen molar-refractivity contribution in [2.24, 2.45) is 0 Å². The molecule has 38 heavy (non-hydrogen) atoms. The molecule has 0 bridgehead atoms. The molecule has 3 heterocycles. The lowest BCUT2D eigenvalue weighted by Crippen LogP contribution is -2.53. The smallest absolute Gasteiger partial charge is 0.475 e. The second-order valence-corrected chi connectivity index (χ2v) is 10.5. The minimum absolute atomic E-state index is 0.00154. The number of carbonyl (C=O) groups is 2. The molecule has 0 saturated carbocycles. The summed E-state index contributed by atoms with van der Waals surface area (Å²) in [5.41, 5.74) is 2.19. The van der Waals surface area contributed by atoms with E-state index in [0.29, 0.717) is 6.61 Å². The quantitative estimate of drug-likeness (QED) is 0.457. The fraction of sp³-hybridized carbons (Fsp3) is 0.667. The number of hydrogen-bond donors (Lipinski definition) is 3. The first-order chi connectivity index (χ1) is 17.2. The van der Waals surface area contributed by atoms with Gasteiger partial charge in [-0.05, 0) is 44.2 Å². The Morgan fingerprint density at radius 2 is 1.63 bits per heavy atom. The van der Waals surface area contributed by atoms with Gasteiger partial charge in [0.2, 0.25) is 10.0 Å². The SMILES string of the molecule is Cc1cccnc1CN1CCC2(CC1)CC(NS(C)(=O)=O)CCO2.O=C(O)C(F)(F)F.O=C(O)C(F)(F)F. The molecule has 2 aliphatic heterocycles. The highest BCUT2D eigenvalue weighted by Gasteiger charge is 2.41. The van der Waals surface area contributed by atoms with E-state index in [1.807, 2.05) is 12.3 Å². The first-order valence-electron chi connectivity index (χ1n) is 11.1. The Bertz CT molecular complexity index is 1020. The lowest BCUT2D eigenvalue weighted by Gasteiger charge is -2.46. The first-order valence-corrected chi connectivity index (χ1v) is 13.0. The summed E-state index contributed by atoms with van der Waals surface area (Å²) in [5, 5.41) is 14.2. The van der Waals surface area contributed by atoms with Gasteiger partial charge in [-0.1, -0.05) is 6.07 Å². The van der Waals surface area contributed by atoms with Gasteiger partial charge in [0.15, 0.2) is 0 Å². The molecule has 0 radical (unpaired) electrons. The maximum Gasteiger partial charge on any atom is 0.490 e. The molecule has 1 atom stereocenters. The summed E-state index contributed by atoms with van der Waals surface area (Å²) in [6.07, 6.45) is -3.67.